The van der Waals surface area contributed by atoms with Crippen LogP contribution in [0.4, 0.5) is 0 Å². The molecule has 7 nitrogen and oxygen atoms in total. The lowest BCUT2D eigenvalue weighted by molar-refractivity contribution is -0.139. The highest BCUT2D eigenvalue weighted by Gasteiger charge is 2.26. The van der Waals surface area contributed by atoms with Gasteiger partial charge in [-0.3, -0.25) is 0 Å². The Morgan fingerprint density at radius 1 is 0.810 bits per heavy atom. The van der Waals surface area contributed by atoms with Crippen LogP contribution in [0.5, 0.6) is 5.75 Å². The van der Waals surface area contributed by atoms with E-state index in [1.54, 1.807) is 19.4 Å². The molecule has 58 heavy (non-hydrogen) atoms. The van der Waals surface area contributed by atoms with Crippen LogP contribution in [0, 0.1) is 17.3 Å². The van der Waals surface area contributed by atoms with Crippen molar-refractivity contribution < 1.29 is 34.0 Å². The number of hydrogen-bond acceptors (Lipinski definition) is 7. The molecule has 7 heteroatoms. The molecular weight excluding hydrogens is 725 g/mol. The number of ether oxygens (including phenoxy) is 3. The van der Waals surface area contributed by atoms with Gasteiger partial charge in [0, 0.05) is 22.5 Å². The lowest BCUT2D eigenvalue weighted by Crippen LogP contribution is -2.28. The van der Waals surface area contributed by atoms with E-state index >= 15 is 0 Å². The number of rotatable bonds is 24. The summed E-state index contributed by atoms with van der Waals surface area (Å²) >= 11 is 0. The second kappa shape index (κ2) is 23.6. The maximum Gasteiger partial charge on any atom is 0.333 e. The van der Waals surface area contributed by atoms with E-state index in [1.807, 2.05) is 6.92 Å². The van der Waals surface area contributed by atoms with E-state index in [9.17, 15) is 19.8 Å². The number of esters is 2. The molecule has 2 aromatic carbocycles. The highest BCUT2D eigenvalue weighted by Crippen LogP contribution is 2.40. The molecule has 4 rings (SSSR count). The summed E-state index contributed by atoms with van der Waals surface area (Å²) in [6.45, 7) is 17.5. The Bertz CT molecular complexity index is 1680. The van der Waals surface area contributed by atoms with Gasteiger partial charge in [0.25, 0.3) is 0 Å². The van der Waals surface area contributed by atoms with Crippen LogP contribution in [0.2, 0.25) is 0 Å². The summed E-state index contributed by atoms with van der Waals surface area (Å²) in [4.78, 5) is 24.3. The zero-order chi connectivity index (χ0) is 42.1. The van der Waals surface area contributed by atoms with E-state index in [1.165, 1.54) is 68.1 Å². The minimum absolute atomic E-state index is 0.155. The van der Waals surface area contributed by atoms with Crippen LogP contribution in [0.1, 0.15) is 140 Å². The molecule has 0 heterocycles. The Balaban J connectivity index is 1.59. The summed E-state index contributed by atoms with van der Waals surface area (Å²) in [7, 11) is 0. The number of aryl methyl sites for hydroxylation is 3. The van der Waals surface area contributed by atoms with E-state index in [0.29, 0.717) is 61.7 Å². The van der Waals surface area contributed by atoms with Crippen molar-refractivity contribution in [2.45, 2.75) is 137 Å². The second-order valence-corrected chi connectivity index (χ2v) is 17.3. The molecule has 2 aromatic rings. The van der Waals surface area contributed by atoms with Crippen molar-refractivity contribution in [3.63, 3.8) is 0 Å². The van der Waals surface area contributed by atoms with Crippen LogP contribution >= 0.6 is 0 Å². The van der Waals surface area contributed by atoms with E-state index in [2.05, 4.69) is 75.6 Å². The Hall–Kier alpha value is -3.94. The molecule has 2 aliphatic carbocycles. The zero-order valence-corrected chi connectivity index (χ0v) is 36.3. The average molecular weight is 797 g/mol. The van der Waals surface area contributed by atoms with Gasteiger partial charge in [-0.15, -0.1) is 0 Å². The summed E-state index contributed by atoms with van der Waals surface area (Å²) in [5.74, 6) is 1.90. The molecule has 0 amide bonds. The van der Waals surface area contributed by atoms with E-state index < -0.39 is 17.4 Å². The van der Waals surface area contributed by atoms with Gasteiger partial charge >= 0.3 is 11.9 Å². The molecule has 0 aliphatic heterocycles. The first-order chi connectivity index (χ1) is 27.9. The maximum atomic E-state index is 12.2. The monoisotopic (exact) mass is 797 g/mol. The van der Waals surface area contributed by atoms with E-state index in [0.717, 1.165) is 41.2 Å². The van der Waals surface area contributed by atoms with Crippen LogP contribution in [0.3, 0.4) is 0 Å². The fourth-order valence-corrected chi connectivity index (χ4v) is 8.25. The first-order valence-corrected chi connectivity index (χ1v) is 22.1. The van der Waals surface area contributed by atoms with Crippen molar-refractivity contribution in [1.82, 2.24) is 0 Å². The van der Waals surface area contributed by atoms with Gasteiger partial charge in [-0.2, -0.15) is 0 Å². The van der Waals surface area contributed by atoms with Gasteiger partial charge in [-0.1, -0.05) is 96.0 Å². The van der Waals surface area contributed by atoms with Crippen molar-refractivity contribution >= 4 is 11.9 Å². The number of aliphatic hydroxyl groups is 2. The molecule has 0 bridgehead atoms. The van der Waals surface area contributed by atoms with Gasteiger partial charge in [0.2, 0.25) is 0 Å². The summed E-state index contributed by atoms with van der Waals surface area (Å²) in [5, 5.41) is 19.9. The number of allylic oxidation sites excluding steroid dienone is 4. The van der Waals surface area contributed by atoms with Gasteiger partial charge in [0.05, 0.1) is 33.0 Å². The van der Waals surface area contributed by atoms with Gasteiger partial charge in [-0.25, -0.2) is 9.59 Å². The summed E-state index contributed by atoms with van der Waals surface area (Å²) in [6, 6.07) is 11.3. The molecule has 1 unspecified atom stereocenters. The number of benzene rings is 2. The molecule has 0 aromatic heterocycles. The van der Waals surface area contributed by atoms with Gasteiger partial charge < -0.3 is 24.4 Å². The molecule has 1 atom stereocenters. The number of carbonyl (C=O) groups is 2. The molecule has 0 radical (unpaired) electrons. The average Bonchev–Trinajstić information content (AvgIpc) is 3.24. The zero-order valence-electron chi connectivity index (χ0n) is 36.3. The van der Waals surface area contributed by atoms with Crippen molar-refractivity contribution in [1.29, 1.82) is 0 Å². The predicted molar refractivity (Wildman–Crippen MR) is 236 cm³/mol. The minimum atomic E-state index is -0.677. The molecule has 0 saturated heterocycles. The number of carbonyl (C=O) groups excluding carboxylic acids is 2. The SMILES string of the molecule is C=C(C)C(=O)OCCCc1cc(-c2ccc(C3C=CC(C4CCC(CCCCC)CC4)=CC3)cc2CC)cc(CCCOC(=O)C(=C)C)c1OCCC(C)(CO)CO. The van der Waals surface area contributed by atoms with Crippen molar-refractivity contribution in [2.24, 2.45) is 17.3 Å². The predicted octanol–water partition coefficient (Wildman–Crippen LogP) is 11.1. The fraction of sp³-hybridized carbons (Fsp3) is 0.569. The fourth-order valence-electron chi connectivity index (χ4n) is 8.25. The van der Waals surface area contributed by atoms with Crippen LogP contribution in [0.15, 0.2) is 78.4 Å². The summed E-state index contributed by atoms with van der Waals surface area (Å²) < 4.78 is 17.5. The van der Waals surface area contributed by atoms with Crippen molar-refractivity contribution in [3.8, 4) is 16.9 Å². The number of aliphatic hydroxyl groups excluding tert-OH is 2. The lowest BCUT2D eigenvalue weighted by Gasteiger charge is -2.31. The van der Waals surface area contributed by atoms with E-state index in [4.69, 9.17) is 14.2 Å². The Morgan fingerprint density at radius 3 is 1.95 bits per heavy atom. The topological polar surface area (TPSA) is 102 Å². The molecule has 1 fully saturated rings. The number of unbranched alkanes of at least 4 members (excludes halogenated alkanes) is 2. The maximum absolute atomic E-state index is 12.2. The van der Waals surface area contributed by atoms with Gasteiger partial charge in [0.15, 0.2) is 0 Å². The number of hydrogen-bond donors (Lipinski definition) is 2. The first-order valence-electron chi connectivity index (χ1n) is 22.1. The van der Waals surface area contributed by atoms with Crippen LogP contribution in [0.25, 0.3) is 11.1 Å². The summed E-state index contributed by atoms with van der Waals surface area (Å²) in [5.41, 5.74) is 8.43. The molecule has 1 saturated carbocycles. The van der Waals surface area contributed by atoms with Crippen LogP contribution in [-0.4, -0.2) is 55.2 Å². The van der Waals surface area contributed by atoms with Crippen LogP contribution < -0.4 is 4.74 Å². The molecule has 2 N–H and O–H groups in total. The third kappa shape index (κ3) is 13.8. The molecular formula is C51H72O7. The van der Waals surface area contributed by atoms with Crippen molar-refractivity contribution in [2.75, 3.05) is 33.0 Å². The lowest BCUT2D eigenvalue weighted by atomic mass is 9.75. The van der Waals surface area contributed by atoms with Crippen molar-refractivity contribution in [3.05, 3.63) is 101 Å². The smallest absolute Gasteiger partial charge is 0.333 e. The molecule has 0 spiro atoms. The normalized spacial score (nSPS) is 18.1. The highest BCUT2D eigenvalue weighted by atomic mass is 16.5. The first kappa shape index (κ1) is 46.7. The van der Waals surface area contributed by atoms with Gasteiger partial charge in [0.1, 0.15) is 5.75 Å². The third-order valence-electron chi connectivity index (χ3n) is 12.2. The minimum Gasteiger partial charge on any atom is -0.493 e. The quantitative estimate of drug-likeness (QED) is 0.0619. The standard InChI is InChI=1S/C51H72O7/c1-8-10-11-14-38-17-19-40(20-18-38)41-21-23-42(24-22-41)43-25-26-47(39(9-2)31-43)46-32-44(15-12-28-57-49(54)36(3)4)48(56-30-27-51(7,34-52)35-53)45(33-46)16-13-29-58-50(55)37(5)6/h21-23,25-26,31-33,38,40,42,52-53H,3,5,8-20,24,27-30,34-35H2,1-2,4,6-7H3. The largest absolute Gasteiger partial charge is 0.493 e. The Morgan fingerprint density at radius 2 is 1.43 bits per heavy atom. The highest BCUT2D eigenvalue weighted by molar-refractivity contribution is 5.87. The van der Waals surface area contributed by atoms with E-state index in [-0.39, 0.29) is 26.4 Å². The Kier molecular flexibility index (Phi) is 19.0. The third-order valence-corrected chi connectivity index (χ3v) is 12.2. The van der Waals surface area contributed by atoms with Gasteiger partial charge in [-0.05, 0) is 147 Å². The summed E-state index contributed by atoms with van der Waals surface area (Å²) in [6.07, 6.45) is 22.9. The molecule has 2 aliphatic rings. The van der Waals surface area contributed by atoms with Crippen LogP contribution in [-0.2, 0) is 38.3 Å². The molecule has 318 valence electrons. The Labute approximate surface area is 349 Å². The second-order valence-electron chi connectivity index (χ2n) is 17.3.